The first kappa shape index (κ1) is 25.3. The number of oxazole rings is 2. The van der Waals surface area contributed by atoms with E-state index in [1.54, 1.807) is 0 Å². The summed E-state index contributed by atoms with van der Waals surface area (Å²) in [5.74, 6) is 1.21. The number of anilines is 3. The van der Waals surface area contributed by atoms with Crippen molar-refractivity contribution >= 4 is 60.8 Å². The Morgan fingerprint density at radius 3 is 1.31 bits per heavy atom. The first-order valence-electron chi connectivity index (χ1n) is 14.9. The fourth-order valence-corrected chi connectivity index (χ4v) is 6.14. The molecule has 0 atom stereocenters. The highest BCUT2D eigenvalue weighted by molar-refractivity contribution is 6.14. The number of fused-ring (bicyclic) bond motifs is 4. The Balaban J connectivity index is 1.21. The SMILES string of the molecule is c1ccc2c(N(c3ccc(-c4nc5ccccc5o4)cc3)c3ccc(-c4nc5ccccc5o4)cc3)c3ccccc3cc2c1. The van der Waals surface area contributed by atoms with Crippen LogP contribution in [0.15, 0.2) is 160 Å². The maximum absolute atomic E-state index is 6.08. The lowest BCUT2D eigenvalue weighted by Crippen LogP contribution is -2.11. The van der Waals surface area contributed by atoms with Gasteiger partial charge in [-0.05, 0) is 89.6 Å². The van der Waals surface area contributed by atoms with E-state index in [4.69, 9.17) is 18.8 Å². The van der Waals surface area contributed by atoms with Crippen LogP contribution in [0.25, 0.3) is 66.7 Å². The van der Waals surface area contributed by atoms with E-state index >= 15 is 0 Å². The molecule has 0 aliphatic rings. The van der Waals surface area contributed by atoms with E-state index in [0.29, 0.717) is 11.8 Å². The number of benzene rings is 7. The summed E-state index contributed by atoms with van der Waals surface area (Å²) in [5, 5.41) is 4.70. The number of nitrogens with zero attached hydrogens (tertiary/aromatic N) is 3. The molecular weight excluding hydrogens is 554 g/mol. The molecule has 9 aromatic rings. The van der Waals surface area contributed by atoms with E-state index in [1.165, 1.54) is 21.5 Å². The average Bonchev–Trinajstić information content (AvgIpc) is 3.74. The second-order valence-electron chi connectivity index (χ2n) is 11.1. The van der Waals surface area contributed by atoms with E-state index in [0.717, 1.165) is 50.4 Å². The fourth-order valence-electron chi connectivity index (χ4n) is 6.14. The van der Waals surface area contributed by atoms with Crippen molar-refractivity contribution in [2.45, 2.75) is 0 Å². The molecule has 0 radical (unpaired) electrons. The highest BCUT2D eigenvalue weighted by atomic mass is 16.4. The second kappa shape index (κ2) is 10.2. The largest absolute Gasteiger partial charge is 0.436 e. The predicted molar refractivity (Wildman–Crippen MR) is 182 cm³/mol. The zero-order chi connectivity index (χ0) is 29.7. The number of hydrogen-bond donors (Lipinski definition) is 0. The molecule has 2 aromatic heterocycles. The van der Waals surface area contributed by atoms with Gasteiger partial charge in [0.25, 0.3) is 0 Å². The van der Waals surface area contributed by atoms with Crippen molar-refractivity contribution in [1.82, 2.24) is 9.97 Å². The van der Waals surface area contributed by atoms with Crippen LogP contribution in [0.3, 0.4) is 0 Å². The summed E-state index contributed by atoms with van der Waals surface area (Å²) in [6, 6.07) is 51.9. The summed E-state index contributed by atoms with van der Waals surface area (Å²) < 4.78 is 12.2. The van der Waals surface area contributed by atoms with Crippen molar-refractivity contribution in [3.05, 3.63) is 152 Å². The van der Waals surface area contributed by atoms with Gasteiger partial charge in [0.1, 0.15) is 11.0 Å². The van der Waals surface area contributed by atoms with Crippen LogP contribution in [-0.4, -0.2) is 9.97 Å². The molecule has 0 saturated carbocycles. The van der Waals surface area contributed by atoms with Gasteiger partial charge in [0.2, 0.25) is 11.8 Å². The highest BCUT2D eigenvalue weighted by Gasteiger charge is 2.20. The predicted octanol–water partition coefficient (Wildman–Crippen LogP) is 11.1. The average molecular weight is 580 g/mol. The van der Waals surface area contributed by atoms with Gasteiger partial charge in [-0.2, -0.15) is 0 Å². The normalized spacial score (nSPS) is 11.6. The minimum Gasteiger partial charge on any atom is -0.436 e. The van der Waals surface area contributed by atoms with Gasteiger partial charge < -0.3 is 13.7 Å². The van der Waals surface area contributed by atoms with Crippen molar-refractivity contribution in [3.63, 3.8) is 0 Å². The Kier molecular flexibility index (Phi) is 5.74. The lowest BCUT2D eigenvalue weighted by Gasteiger charge is -2.28. The van der Waals surface area contributed by atoms with Gasteiger partial charge in [0.05, 0.1) is 5.69 Å². The molecular formula is C40H25N3O2. The van der Waals surface area contributed by atoms with Crippen LogP contribution < -0.4 is 4.90 Å². The maximum Gasteiger partial charge on any atom is 0.227 e. The fraction of sp³-hybridized carbons (Fsp3) is 0. The van der Waals surface area contributed by atoms with Crippen LogP contribution in [0, 0.1) is 0 Å². The summed E-state index contributed by atoms with van der Waals surface area (Å²) >= 11 is 0. The molecule has 7 aromatic carbocycles. The van der Waals surface area contributed by atoms with Crippen LogP contribution in [-0.2, 0) is 0 Å². The Bertz CT molecular complexity index is 2250. The van der Waals surface area contributed by atoms with Crippen LogP contribution >= 0.6 is 0 Å². The Labute approximate surface area is 258 Å². The van der Waals surface area contributed by atoms with Gasteiger partial charge in [0, 0.05) is 33.3 Å². The zero-order valence-electron chi connectivity index (χ0n) is 24.1. The summed E-state index contributed by atoms with van der Waals surface area (Å²) in [6.45, 7) is 0. The molecule has 5 heteroatoms. The van der Waals surface area contributed by atoms with Crippen LogP contribution in [0.1, 0.15) is 0 Å². The summed E-state index contributed by atoms with van der Waals surface area (Å²) in [5.41, 5.74) is 8.25. The Morgan fingerprint density at radius 1 is 0.422 bits per heavy atom. The molecule has 0 fully saturated rings. The summed E-state index contributed by atoms with van der Waals surface area (Å²) in [7, 11) is 0. The van der Waals surface area contributed by atoms with Crippen molar-refractivity contribution in [2.24, 2.45) is 0 Å². The molecule has 0 aliphatic heterocycles. The van der Waals surface area contributed by atoms with Gasteiger partial charge in [-0.1, -0.05) is 72.8 Å². The van der Waals surface area contributed by atoms with Gasteiger partial charge in [-0.15, -0.1) is 0 Å². The van der Waals surface area contributed by atoms with Gasteiger partial charge in [0.15, 0.2) is 11.2 Å². The topological polar surface area (TPSA) is 55.3 Å². The lowest BCUT2D eigenvalue weighted by atomic mass is 9.99. The first-order valence-corrected chi connectivity index (χ1v) is 14.9. The van der Waals surface area contributed by atoms with Gasteiger partial charge in [-0.3, -0.25) is 0 Å². The number of para-hydroxylation sites is 4. The van der Waals surface area contributed by atoms with Crippen molar-refractivity contribution in [3.8, 4) is 22.9 Å². The molecule has 212 valence electrons. The molecule has 0 amide bonds. The molecule has 0 unspecified atom stereocenters. The minimum absolute atomic E-state index is 0.604. The first-order chi connectivity index (χ1) is 22.3. The van der Waals surface area contributed by atoms with Crippen molar-refractivity contribution < 1.29 is 8.83 Å². The highest BCUT2D eigenvalue weighted by Crippen LogP contribution is 2.44. The van der Waals surface area contributed by atoms with Crippen molar-refractivity contribution in [2.75, 3.05) is 4.90 Å². The second-order valence-corrected chi connectivity index (χ2v) is 11.1. The van der Waals surface area contributed by atoms with E-state index in [9.17, 15) is 0 Å². The van der Waals surface area contributed by atoms with Crippen molar-refractivity contribution in [1.29, 1.82) is 0 Å². The molecule has 45 heavy (non-hydrogen) atoms. The molecule has 2 heterocycles. The van der Waals surface area contributed by atoms with E-state index < -0.39 is 0 Å². The molecule has 5 nitrogen and oxygen atoms in total. The third kappa shape index (κ3) is 4.33. The molecule has 0 spiro atoms. The van der Waals surface area contributed by atoms with E-state index in [2.05, 4.69) is 108 Å². The summed E-state index contributed by atoms with van der Waals surface area (Å²) in [4.78, 5) is 11.8. The molecule has 0 aliphatic carbocycles. The monoisotopic (exact) mass is 579 g/mol. The van der Waals surface area contributed by atoms with Gasteiger partial charge in [-0.25, -0.2) is 9.97 Å². The lowest BCUT2D eigenvalue weighted by molar-refractivity contribution is 0.619. The minimum atomic E-state index is 0.604. The molecule has 9 rings (SSSR count). The third-order valence-electron chi connectivity index (χ3n) is 8.30. The van der Waals surface area contributed by atoms with E-state index in [1.807, 2.05) is 48.5 Å². The standard InChI is InChI=1S/C40H25N3O2/c1-3-11-32-28(9-1)25-29-10-2-4-12-33(29)38(32)43(30-21-17-26(18-22-30)39-41-34-13-5-7-15-36(34)44-39)31-23-19-27(20-24-31)40-42-35-14-6-8-16-37(35)45-40/h1-25H. The third-order valence-corrected chi connectivity index (χ3v) is 8.30. The number of aromatic nitrogens is 2. The Morgan fingerprint density at radius 2 is 0.844 bits per heavy atom. The van der Waals surface area contributed by atoms with Crippen LogP contribution in [0.5, 0.6) is 0 Å². The Hall–Kier alpha value is -6.20. The van der Waals surface area contributed by atoms with Gasteiger partial charge >= 0.3 is 0 Å². The maximum atomic E-state index is 6.08. The van der Waals surface area contributed by atoms with E-state index in [-0.39, 0.29) is 0 Å². The summed E-state index contributed by atoms with van der Waals surface area (Å²) in [6.07, 6.45) is 0. The van der Waals surface area contributed by atoms with Crippen LogP contribution in [0.2, 0.25) is 0 Å². The van der Waals surface area contributed by atoms with Crippen LogP contribution in [0.4, 0.5) is 17.1 Å². The zero-order valence-corrected chi connectivity index (χ0v) is 24.1. The molecule has 0 bridgehead atoms. The number of hydrogen-bond acceptors (Lipinski definition) is 5. The number of rotatable bonds is 5. The smallest absolute Gasteiger partial charge is 0.227 e. The quantitative estimate of drug-likeness (QED) is 0.190. The molecule has 0 saturated heterocycles. The molecule has 0 N–H and O–H groups in total.